The van der Waals surface area contributed by atoms with Crippen molar-refractivity contribution >= 4 is 34.5 Å². The van der Waals surface area contributed by atoms with Crippen LogP contribution in [-0.2, 0) is 10.3 Å². The molecule has 2 aromatic heterocycles. The zero-order chi connectivity index (χ0) is 22.8. The van der Waals surface area contributed by atoms with Crippen LogP contribution in [0.4, 0.5) is 10.8 Å². The Labute approximate surface area is 190 Å². The summed E-state index contributed by atoms with van der Waals surface area (Å²) >= 11 is 1.52. The minimum atomic E-state index is -1.01. The van der Waals surface area contributed by atoms with Gasteiger partial charge in [0.25, 0.3) is 6.01 Å². The predicted molar refractivity (Wildman–Crippen MR) is 123 cm³/mol. The van der Waals surface area contributed by atoms with E-state index >= 15 is 0 Å². The van der Waals surface area contributed by atoms with Gasteiger partial charge in [0, 0.05) is 24.7 Å². The van der Waals surface area contributed by atoms with Gasteiger partial charge in [-0.2, -0.15) is 4.98 Å². The van der Waals surface area contributed by atoms with Crippen LogP contribution in [0, 0.1) is 0 Å². The molecular formula is C23H28N4O4S. The average molecular weight is 457 g/mol. The van der Waals surface area contributed by atoms with Crippen LogP contribution in [0.1, 0.15) is 46.6 Å². The number of hydrogen-bond donors (Lipinski definition) is 1. The van der Waals surface area contributed by atoms with Crippen LogP contribution in [0.2, 0.25) is 0 Å². The number of rotatable bonds is 3. The van der Waals surface area contributed by atoms with Gasteiger partial charge in [0.1, 0.15) is 16.1 Å². The topological polar surface area (TPSA) is 91.9 Å². The molecule has 0 radical (unpaired) electrons. The zero-order valence-electron chi connectivity index (χ0n) is 19.0. The lowest BCUT2D eigenvalue weighted by molar-refractivity contribution is -0.0386. The molecule has 3 aliphatic rings. The Kier molecular flexibility index (Phi) is 4.76. The summed E-state index contributed by atoms with van der Waals surface area (Å²) in [6.07, 6.45) is 2.46. The third-order valence-electron chi connectivity index (χ3n) is 5.92. The monoisotopic (exact) mass is 456 g/mol. The highest BCUT2D eigenvalue weighted by Gasteiger charge is 2.49. The Balaban J connectivity index is 1.44. The summed E-state index contributed by atoms with van der Waals surface area (Å²) in [7, 11) is 0. The number of thiazole rings is 1. The zero-order valence-corrected chi connectivity index (χ0v) is 19.8. The molecular weight excluding hydrogens is 428 g/mol. The summed E-state index contributed by atoms with van der Waals surface area (Å²) in [5.74, 6) is 0. The number of nitrogens with zero attached hydrogens (tertiary/aromatic N) is 4. The van der Waals surface area contributed by atoms with Gasteiger partial charge in [0.2, 0.25) is 0 Å². The maximum Gasteiger partial charge on any atom is 0.410 e. The van der Waals surface area contributed by atoms with E-state index in [-0.39, 0.29) is 18.2 Å². The molecule has 2 unspecified atom stereocenters. The van der Waals surface area contributed by atoms with Crippen molar-refractivity contribution in [3.05, 3.63) is 29.3 Å². The molecule has 3 saturated heterocycles. The van der Waals surface area contributed by atoms with Crippen molar-refractivity contribution in [1.82, 2.24) is 14.9 Å². The standard InChI is InChI=1S/C23H28N4O4S/c1-22(2,3)31-21(28)27-14-10-15(27)12-26(11-14)20-25-17-9-13(23(4,5)29)8-16(18(17)30-20)19-24-6-7-32-19/h6-9,14-15,29H,10-12H2,1-5H3. The van der Waals surface area contributed by atoms with Gasteiger partial charge in [0.15, 0.2) is 5.58 Å². The third kappa shape index (κ3) is 3.73. The molecule has 2 atom stereocenters. The lowest BCUT2D eigenvalue weighted by Gasteiger charge is -2.55. The van der Waals surface area contributed by atoms with Crippen LogP contribution in [0.3, 0.4) is 0 Å². The fraction of sp³-hybridized carbons (Fsp3) is 0.522. The molecule has 3 fully saturated rings. The molecule has 0 saturated carbocycles. The minimum absolute atomic E-state index is 0.0870. The molecule has 0 spiro atoms. The van der Waals surface area contributed by atoms with Gasteiger partial charge in [0.05, 0.1) is 23.2 Å². The van der Waals surface area contributed by atoms with Gasteiger partial charge in [-0.15, -0.1) is 11.3 Å². The molecule has 8 nitrogen and oxygen atoms in total. The van der Waals surface area contributed by atoms with Crippen LogP contribution in [0.25, 0.3) is 21.7 Å². The molecule has 2 bridgehead atoms. The number of hydrogen-bond acceptors (Lipinski definition) is 8. The lowest BCUT2D eigenvalue weighted by Crippen LogP contribution is -2.70. The van der Waals surface area contributed by atoms with Crippen LogP contribution in [-0.4, -0.2) is 56.8 Å². The number of carbonyl (C=O) groups is 1. The van der Waals surface area contributed by atoms with Crippen LogP contribution < -0.4 is 4.90 Å². The van der Waals surface area contributed by atoms with Crippen molar-refractivity contribution in [2.45, 2.75) is 64.3 Å². The van der Waals surface area contributed by atoms with Gasteiger partial charge >= 0.3 is 6.09 Å². The first-order valence-electron chi connectivity index (χ1n) is 10.8. The van der Waals surface area contributed by atoms with Gasteiger partial charge in [-0.25, -0.2) is 9.78 Å². The van der Waals surface area contributed by atoms with Crippen molar-refractivity contribution in [2.75, 3.05) is 18.0 Å². The Bertz CT molecular complexity index is 1150. The highest BCUT2D eigenvalue weighted by Crippen LogP contribution is 2.39. The van der Waals surface area contributed by atoms with E-state index in [1.54, 1.807) is 20.0 Å². The number of oxazole rings is 1. The van der Waals surface area contributed by atoms with E-state index in [1.807, 2.05) is 43.2 Å². The van der Waals surface area contributed by atoms with E-state index in [4.69, 9.17) is 14.1 Å². The number of ether oxygens (including phenoxy) is 1. The molecule has 5 heterocycles. The quantitative estimate of drug-likeness (QED) is 0.625. The van der Waals surface area contributed by atoms with E-state index in [9.17, 15) is 9.90 Å². The van der Waals surface area contributed by atoms with E-state index < -0.39 is 11.2 Å². The highest BCUT2D eigenvalue weighted by atomic mass is 32.1. The van der Waals surface area contributed by atoms with Crippen molar-refractivity contribution in [1.29, 1.82) is 0 Å². The van der Waals surface area contributed by atoms with E-state index in [1.165, 1.54) is 11.3 Å². The third-order valence-corrected chi connectivity index (χ3v) is 6.72. The molecule has 170 valence electrons. The summed E-state index contributed by atoms with van der Waals surface area (Å²) < 4.78 is 11.8. The molecule has 6 rings (SSSR count). The first-order chi connectivity index (χ1) is 15.0. The van der Waals surface area contributed by atoms with Gasteiger partial charge in [-0.05, 0) is 58.7 Å². The first kappa shape index (κ1) is 21.2. The average Bonchev–Trinajstić information content (AvgIpc) is 3.34. The van der Waals surface area contributed by atoms with Crippen LogP contribution >= 0.6 is 11.3 Å². The Morgan fingerprint density at radius 1 is 1.22 bits per heavy atom. The largest absolute Gasteiger partial charge is 0.444 e. The molecule has 1 N–H and O–H groups in total. The second kappa shape index (κ2) is 7.18. The Hall–Kier alpha value is -2.65. The lowest BCUT2D eigenvalue weighted by atomic mass is 9.88. The van der Waals surface area contributed by atoms with E-state index in [0.29, 0.717) is 30.2 Å². The highest BCUT2D eigenvalue weighted by molar-refractivity contribution is 7.13. The maximum absolute atomic E-state index is 12.6. The summed E-state index contributed by atoms with van der Waals surface area (Å²) in [5.41, 5.74) is 1.41. The number of aromatic nitrogens is 2. The van der Waals surface area contributed by atoms with Crippen molar-refractivity contribution in [3.8, 4) is 10.6 Å². The molecule has 3 aliphatic heterocycles. The molecule has 1 aromatic carbocycles. The fourth-order valence-corrected chi connectivity index (χ4v) is 5.05. The molecule has 0 aliphatic carbocycles. The fourth-order valence-electron chi connectivity index (χ4n) is 4.40. The number of amides is 1. The van der Waals surface area contributed by atoms with Crippen LogP contribution in [0.5, 0.6) is 0 Å². The number of benzene rings is 1. The first-order valence-corrected chi connectivity index (χ1v) is 11.7. The number of carbonyl (C=O) groups excluding carboxylic acids is 1. The summed E-state index contributed by atoms with van der Waals surface area (Å²) in [6.45, 7) is 10.4. The van der Waals surface area contributed by atoms with E-state index in [0.717, 1.165) is 22.6 Å². The van der Waals surface area contributed by atoms with Gasteiger partial charge in [-0.3, -0.25) is 4.90 Å². The Morgan fingerprint density at radius 2 is 1.94 bits per heavy atom. The molecule has 1 amide bonds. The smallest absolute Gasteiger partial charge is 0.410 e. The van der Waals surface area contributed by atoms with Gasteiger partial charge in [-0.1, -0.05) is 0 Å². The second-order valence-electron chi connectivity index (χ2n) is 10.1. The number of anilines is 1. The van der Waals surface area contributed by atoms with Crippen LogP contribution in [0.15, 0.2) is 28.1 Å². The summed E-state index contributed by atoms with van der Waals surface area (Å²) in [6, 6.07) is 4.50. The van der Waals surface area contributed by atoms with Crippen molar-refractivity contribution in [3.63, 3.8) is 0 Å². The van der Waals surface area contributed by atoms with E-state index in [2.05, 4.69) is 9.88 Å². The van der Waals surface area contributed by atoms with Crippen molar-refractivity contribution in [2.24, 2.45) is 0 Å². The predicted octanol–water partition coefficient (Wildman–Crippen LogP) is 4.38. The number of piperazine rings is 1. The second-order valence-corrected chi connectivity index (χ2v) is 11.0. The number of fused-ring (bicyclic) bond motifs is 3. The number of aliphatic hydroxyl groups is 1. The maximum atomic E-state index is 12.6. The molecule has 3 aromatic rings. The van der Waals surface area contributed by atoms with Gasteiger partial charge < -0.3 is 19.2 Å². The summed E-state index contributed by atoms with van der Waals surface area (Å²) in [4.78, 5) is 25.7. The number of piperidine rings is 1. The summed E-state index contributed by atoms with van der Waals surface area (Å²) in [5, 5.41) is 13.3. The minimum Gasteiger partial charge on any atom is -0.444 e. The SMILES string of the molecule is CC(C)(C)OC(=O)N1C2CC1CN(c1nc3cc(C(C)(C)O)cc(-c4nccs4)c3o1)C2. The molecule has 9 heteroatoms. The Morgan fingerprint density at radius 3 is 2.53 bits per heavy atom. The molecule has 32 heavy (non-hydrogen) atoms. The normalized spacial score (nSPS) is 21.1. The van der Waals surface area contributed by atoms with Crippen molar-refractivity contribution < 1.29 is 19.1 Å².